The summed E-state index contributed by atoms with van der Waals surface area (Å²) < 4.78 is 29.0. The van der Waals surface area contributed by atoms with Gasteiger partial charge in [0.15, 0.2) is 0 Å². The summed E-state index contributed by atoms with van der Waals surface area (Å²) in [5, 5.41) is 4.73. The Balaban J connectivity index is 0.000000316. The van der Waals surface area contributed by atoms with Crippen molar-refractivity contribution in [3.63, 3.8) is 0 Å². The molecule has 0 spiro atoms. The van der Waals surface area contributed by atoms with Crippen molar-refractivity contribution in [2.75, 3.05) is 0 Å². The first-order valence-electron chi connectivity index (χ1n) is 25.3. The maximum absolute atomic E-state index is 12.7. The maximum atomic E-state index is 12.7. The van der Waals surface area contributed by atoms with E-state index >= 15 is 0 Å². The Hall–Kier alpha value is -7.12. The minimum Gasteiger partial charge on any atom is -0.501 e. The zero-order valence-electron chi connectivity index (χ0n) is 43.8. The number of fused-ring (bicyclic) bond motifs is 10. The van der Waals surface area contributed by atoms with E-state index in [0.29, 0.717) is 0 Å². The number of benzene rings is 7. The molecular weight excluding hydrogens is 1090 g/mol. The number of hydrogen-bond donors (Lipinski definition) is 0. The first-order valence-corrected chi connectivity index (χ1v) is 25.3. The molecule has 2 aliphatic heterocycles. The largest absolute Gasteiger partial charge is 0.501 e. The van der Waals surface area contributed by atoms with Crippen molar-refractivity contribution in [3.8, 4) is 50.8 Å². The molecule has 5 nitrogen and oxygen atoms in total. The maximum Gasteiger partial charge on any atom is 0.256 e. The predicted molar refractivity (Wildman–Crippen MR) is 301 cm³/mol. The summed E-state index contributed by atoms with van der Waals surface area (Å²) in [7, 11) is 0. The summed E-state index contributed by atoms with van der Waals surface area (Å²) in [5.74, 6) is 1.55. The predicted octanol–water partition coefficient (Wildman–Crippen LogP) is 15.3. The molecule has 0 unspecified atom stereocenters. The molecule has 13 rings (SSSR count). The van der Waals surface area contributed by atoms with Crippen molar-refractivity contribution in [1.82, 2.24) is 14.5 Å². The van der Waals surface area contributed by atoms with Crippen LogP contribution >= 0.6 is 0 Å². The van der Waals surface area contributed by atoms with Gasteiger partial charge in [-0.3, -0.25) is 4.39 Å². The molecule has 0 saturated heterocycles. The van der Waals surface area contributed by atoms with E-state index in [2.05, 4.69) is 174 Å². The number of aryl methyl sites for hydroxylation is 2. The monoisotopic (exact) mass is 1150 g/mol. The molecule has 0 saturated carbocycles. The number of aromatic nitrogens is 3. The van der Waals surface area contributed by atoms with Gasteiger partial charge in [-0.25, -0.2) is 0 Å². The zero-order valence-corrected chi connectivity index (χ0v) is 46.2. The van der Waals surface area contributed by atoms with Gasteiger partial charge in [-0.15, -0.1) is 48.0 Å². The molecule has 2 aliphatic rings. The smallest absolute Gasteiger partial charge is 0.256 e. The first kappa shape index (κ1) is 49.1. The van der Waals surface area contributed by atoms with Gasteiger partial charge in [-0.05, 0) is 140 Å². The average molecular weight is 1150 g/mol. The van der Waals surface area contributed by atoms with E-state index in [-0.39, 0.29) is 48.9 Å². The summed E-state index contributed by atoms with van der Waals surface area (Å²) in [6.45, 7) is 24.9. The van der Waals surface area contributed by atoms with Crippen molar-refractivity contribution in [3.05, 3.63) is 192 Å². The van der Waals surface area contributed by atoms with Gasteiger partial charge in [0, 0.05) is 65.7 Å². The van der Waals surface area contributed by atoms with Gasteiger partial charge in [0.25, 0.3) is 6.71 Å². The second-order valence-corrected chi connectivity index (χ2v) is 23.2. The van der Waals surface area contributed by atoms with Gasteiger partial charge in [0.2, 0.25) is 0 Å². The number of rotatable bonds is 3. The van der Waals surface area contributed by atoms with E-state index in [1.54, 1.807) is 6.07 Å². The van der Waals surface area contributed by atoms with Crippen LogP contribution in [0.3, 0.4) is 0 Å². The first-order chi connectivity index (χ1) is 34.8. The quantitative estimate of drug-likeness (QED) is 0.131. The van der Waals surface area contributed by atoms with Crippen molar-refractivity contribution in [2.24, 2.45) is 0 Å². The molecule has 0 bridgehead atoms. The summed E-state index contributed by atoms with van der Waals surface area (Å²) in [6, 6.07) is 52.8. The second-order valence-electron chi connectivity index (χ2n) is 23.2. The Kier molecular flexibility index (Phi) is 11.8. The van der Waals surface area contributed by atoms with Crippen molar-refractivity contribution in [2.45, 2.75) is 92.4 Å². The van der Waals surface area contributed by atoms with Crippen molar-refractivity contribution < 1.29 is 33.6 Å². The van der Waals surface area contributed by atoms with E-state index in [0.717, 1.165) is 72.6 Å². The zero-order chi connectivity index (χ0) is 50.9. The van der Waals surface area contributed by atoms with Gasteiger partial charge < -0.3 is 23.7 Å². The van der Waals surface area contributed by atoms with Crippen LogP contribution in [0.15, 0.2) is 150 Å². The molecule has 1 radical (unpaired) electrons. The van der Waals surface area contributed by atoms with Crippen LogP contribution in [0.5, 0.6) is 11.5 Å². The van der Waals surface area contributed by atoms with Crippen LogP contribution in [0.4, 0.5) is 4.39 Å². The van der Waals surface area contributed by atoms with Crippen LogP contribution in [0.2, 0.25) is 0 Å². The van der Waals surface area contributed by atoms with Crippen LogP contribution < -0.4 is 21.1 Å². The second kappa shape index (κ2) is 17.8. The van der Waals surface area contributed by atoms with Gasteiger partial charge in [-0.1, -0.05) is 133 Å². The fraction of sp³-hybridized carbons (Fsp3) is 0.212. The Bertz CT molecular complexity index is 4040. The van der Waals surface area contributed by atoms with Gasteiger partial charge in [0.1, 0.15) is 17.1 Å². The standard InChI is InChI=1S/C53H46BN2O2.C13H11FN.Ir/c1-51(2,3)32-17-20-43-38(26-32)39-27-34(53(7,8)9)29-41-49(39)56(43)44-23-31(25-47-48(44)54(41)40-28-33(52(4,5)6)18-21-45(40)57-47)30-16-19-35-36-13-12-14-37(42-15-10-11-22-55-42)50(36)58-46(35)24-30;1-9-7-13(15-8-10(9)2)11-3-5-12(14)6-4-11;/h10-13,15-29H,1-9H3;3,5-8H,1-2H3;/q2*-1;. The van der Waals surface area contributed by atoms with E-state index in [1.165, 1.54) is 78.3 Å². The normalized spacial score (nSPS) is 12.8. The number of ether oxygens (including phenoxy) is 1. The van der Waals surface area contributed by atoms with Crippen LogP contribution in [0, 0.1) is 31.8 Å². The van der Waals surface area contributed by atoms with Crippen LogP contribution in [0.25, 0.3) is 83.1 Å². The molecule has 4 aromatic heterocycles. The van der Waals surface area contributed by atoms with E-state index in [1.807, 2.05) is 56.6 Å². The summed E-state index contributed by atoms with van der Waals surface area (Å²) in [4.78, 5) is 8.90. The molecular formula is C66H57BFIrN3O2-2. The third-order valence-electron chi connectivity index (χ3n) is 15.1. The van der Waals surface area contributed by atoms with E-state index in [4.69, 9.17) is 9.15 Å². The fourth-order valence-electron chi connectivity index (χ4n) is 10.8. The Morgan fingerprint density at radius 3 is 2.05 bits per heavy atom. The SMILES string of the molecule is CC(C)(C)c1ccc2c(c1)B1c3c(cc(-c4ccc5c(c4)oc4c(-c6ccccn6)[c-]ccc45)cc3-n3c4ccc(C(C)(C)C)cc4c4cc(C(C)(C)C)cc1c43)O2.Cc1cnc(-c2[c-]cc(F)cc2)cc1C.[Ir]. The fourth-order valence-corrected chi connectivity index (χ4v) is 10.8. The molecule has 0 amide bonds. The number of pyridine rings is 2. The Labute approximate surface area is 447 Å². The summed E-state index contributed by atoms with van der Waals surface area (Å²) in [6.07, 6.45) is 3.63. The Morgan fingerprint density at radius 2 is 1.34 bits per heavy atom. The molecule has 8 heteroatoms. The molecule has 369 valence electrons. The molecule has 0 fully saturated rings. The third-order valence-corrected chi connectivity index (χ3v) is 15.1. The molecule has 0 aliphatic carbocycles. The van der Waals surface area contributed by atoms with Crippen molar-refractivity contribution in [1.29, 1.82) is 0 Å². The molecule has 11 aromatic rings. The van der Waals surface area contributed by atoms with Gasteiger partial charge in [-0.2, -0.15) is 0 Å². The number of halogens is 1. The van der Waals surface area contributed by atoms with Gasteiger partial charge >= 0.3 is 0 Å². The minimum atomic E-state index is -0.275. The number of hydrogen-bond acceptors (Lipinski definition) is 4. The number of nitrogens with zero attached hydrogens (tertiary/aromatic N) is 3. The summed E-state index contributed by atoms with van der Waals surface area (Å²) >= 11 is 0. The molecule has 0 atom stereocenters. The Morgan fingerprint density at radius 1 is 0.595 bits per heavy atom. The van der Waals surface area contributed by atoms with E-state index in [9.17, 15) is 4.39 Å². The van der Waals surface area contributed by atoms with Crippen molar-refractivity contribution >= 4 is 66.8 Å². The summed E-state index contributed by atoms with van der Waals surface area (Å²) in [5.41, 5.74) is 20.9. The average Bonchev–Trinajstić information content (AvgIpc) is 3.91. The van der Waals surface area contributed by atoms with Gasteiger partial charge in [0.05, 0.1) is 11.1 Å². The molecule has 7 aromatic carbocycles. The van der Waals surface area contributed by atoms with Crippen LogP contribution in [-0.4, -0.2) is 21.2 Å². The van der Waals surface area contributed by atoms with Crippen LogP contribution in [0.1, 0.15) is 90.1 Å². The molecule has 74 heavy (non-hydrogen) atoms. The minimum absolute atomic E-state index is 0. The third kappa shape index (κ3) is 8.28. The van der Waals surface area contributed by atoms with Crippen LogP contribution in [-0.2, 0) is 36.4 Å². The van der Waals surface area contributed by atoms with E-state index < -0.39 is 0 Å². The molecule has 0 N–H and O–H groups in total. The topological polar surface area (TPSA) is 53.1 Å². The number of furan rings is 1. The molecule has 6 heterocycles.